The molecule has 4 rings (SSSR count). The van der Waals surface area contributed by atoms with E-state index in [1.54, 1.807) is 7.11 Å². The normalized spacial score (nSPS) is 22.4. The molecular weight excluding hydrogens is 310 g/mol. The van der Waals surface area contributed by atoms with Crippen LogP contribution < -0.4 is 4.74 Å². The minimum absolute atomic E-state index is 0.157. The molecule has 1 saturated carbocycles. The second-order valence-corrected chi connectivity index (χ2v) is 7.56. The van der Waals surface area contributed by atoms with Gasteiger partial charge >= 0.3 is 0 Å². The molecule has 25 heavy (non-hydrogen) atoms. The van der Waals surface area contributed by atoms with E-state index in [9.17, 15) is 4.79 Å². The third kappa shape index (κ3) is 3.43. The second kappa shape index (κ2) is 7.17. The summed E-state index contributed by atoms with van der Waals surface area (Å²) in [5, 5.41) is 2.22. The average Bonchev–Trinajstić information content (AvgIpc) is 3.21. The van der Waals surface area contributed by atoms with Crippen molar-refractivity contribution in [3.8, 4) is 5.75 Å². The first kappa shape index (κ1) is 16.6. The number of likely N-dealkylation sites (tertiary alicyclic amines) is 1. The van der Waals surface area contributed by atoms with Crippen LogP contribution in [0.25, 0.3) is 10.8 Å². The highest BCUT2D eigenvalue weighted by molar-refractivity contribution is 6.01. The van der Waals surface area contributed by atoms with E-state index in [0.29, 0.717) is 5.78 Å². The standard InChI is InChI=1S/C22H27NO2/c1-25-21-11-10-16-13-18(9-8-17(16)14-21)22(24)19-5-4-12-23(15-19)20-6-2-3-7-20/h8-11,13-14,19-20H,2-7,12,15H2,1H3. The minimum atomic E-state index is 0.157. The highest BCUT2D eigenvalue weighted by Gasteiger charge is 2.31. The zero-order valence-corrected chi connectivity index (χ0v) is 15.0. The largest absolute Gasteiger partial charge is 0.497 e. The molecule has 2 aromatic rings. The van der Waals surface area contributed by atoms with Crippen LogP contribution in [0, 0.1) is 5.92 Å². The van der Waals surface area contributed by atoms with E-state index in [4.69, 9.17) is 4.74 Å². The van der Waals surface area contributed by atoms with Gasteiger partial charge in [0.25, 0.3) is 0 Å². The average molecular weight is 337 g/mol. The molecule has 0 aromatic heterocycles. The van der Waals surface area contributed by atoms with Crippen molar-refractivity contribution in [2.24, 2.45) is 5.92 Å². The number of ketones is 1. The molecule has 1 aliphatic heterocycles. The fourth-order valence-corrected chi connectivity index (χ4v) is 4.56. The molecule has 0 N–H and O–H groups in total. The summed E-state index contributed by atoms with van der Waals surface area (Å²) in [6, 6.07) is 12.8. The van der Waals surface area contributed by atoms with E-state index in [1.807, 2.05) is 36.4 Å². The van der Waals surface area contributed by atoms with Crippen molar-refractivity contribution < 1.29 is 9.53 Å². The van der Waals surface area contributed by atoms with Gasteiger partial charge < -0.3 is 4.74 Å². The molecule has 2 fully saturated rings. The number of methoxy groups -OCH3 is 1. The molecule has 0 bridgehead atoms. The Morgan fingerprint density at radius 2 is 1.76 bits per heavy atom. The Balaban J connectivity index is 1.52. The monoisotopic (exact) mass is 337 g/mol. The van der Waals surface area contributed by atoms with Crippen LogP contribution in [-0.4, -0.2) is 36.9 Å². The molecule has 132 valence electrons. The predicted octanol–water partition coefficient (Wildman–Crippen LogP) is 4.69. The van der Waals surface area contributed by atoms with Crippen LogP contribution >= 0.6 is 0 Å². The van der Waals surface area contributed by atoms with Crippen molar-refractivity contribution in [1.82, 2.24) is 4.90 Å². The van der Waals surface area contributed by atoms with Gasteiger partial charge in [-0.05, 0) is 61.2 Å². The Morgan fingerprint density at radius 1 is 1.00 bits per heavy atom. The molecule has 1 unspecified atom stereocenters. The fourth-order valence-electron chi connectivity index (χ4n) is 4.56. The number of hydrogen-bond acceptors (Lipinski definition) is 3. The van der Waals surface area contributed by atoms with Crippen molar-refractivity contribution >= 4 is 16.6 Å². The van der Waals surface area contributed by atoms with Crippen molar-refractivity contribution in [3.05, 3.63) is 42.0 Å². The second-order valence-electron chi connectivity index (χ2n) is 7.56. The van der Waals surface area contributed by atoms with Gasteiger partial charge in [0, 0.05) is 24.1 Å². The van der Waals surface area contributed by atoms with Crippen LogP contribution in [0.15, 0.2) is 36.4 Å². The van der Waals surface area contributed by atoms with Gasteiger partial charge in [-0.25, -0.2) is 0 Å². The number of piperidine rings is 1. The smallest absolute Gasteiger partial charge is 0.167 e. The van der Waals surface area contributed by atoms with Crippen LogP contribution in [0.4, 0.5) is 0 Å². The summed E-state index contributed by atoms with van der Waals surface area (Å²) < 4.78 is 5.28. The van der Waals surface area contributed by atoms with Gasteiger partial charge in [-0.1, -0.05) is 31.0 Å². The number of nitrogens with zero attached hydrogens (tertiary/aromatic N) is 1. The lowest BCUT2D eigenvalue weighted by molar-refractivity contribution is 0.0757. The lowest BCUT2D eigenvalue weighted by Gasteiger charge is -2.36. The number of benzene rings is 2. The Kier molecular flexibility index (Phi) is 4.76. The zero-order chi connectivity index (χ0) is 17.2. The molecule has 2 aliphatic rings. The molecule has 0 radical (unpaired) electrons. The highest BCUT2D eigenvalue weighted by atomic mass is 16.5. The lowest BCUT2D eigenvalue weighted by atomic mass is 9.88. The van der Waals surface area contributed by atoms with Crippen molar-refractivity contribution in [2.75, 3.05) is 20.2 Å². The summed E-state index contributed by atoms with van der Waals surface area (Å²) in [5.74, 6) is 1.33. The molecule has 3 nitrogen and oxygen atoms in total. The molecule has 0 amide bonds. The molecule has 1 heterocycles. The highest BCUT2D eigenvalue weighted by Crippen LogP contribution is 2.30. The third-order valence-corrected chi connectivity index (χ3v) is 6.00. The van der Waals surface area contributed by atoms with Crippen molar-refractivity contribution in [2.45, 2.75) is 44.6 Å². The molecule has 1 aliphatic carbocycles. The Bertz CT molecular complexity index is 764. The van der Waals surface area contributed by atoms with E-state index in [2.05, 4.69) is 4.90 Å². The molecule has 3 heteroatoms. The van der Waals surface area contributed by atoms with E-state index in [0.717, 1.165) is 47.5 Å². The first-order valence-corrected chi connectivity index (χ1v) is 9.60. The van der Waals surface area contributed by atoms with Gasteiger partial charge in [0.2, 0.25) is 0 Å². The zero-order valence-electron chi connectivity index (χ0n) is 15.0. The van der Waals surface area contributed by atoms with Crippen LogP contribution in [0.5, 0.6) is 5.75 Å². The lowest BCUT2D eigenvalue weighted by Crippen LogP contribution is -2.43. The quantitative estimate of drug-likeness (QED) is 0.758. The van der Waals surface area contributed by atoms with E-state index >= 15 is 0 Å². The van der Waals surface area contributed by atoms with Gasteiger partial charge in [-0.3, -0.25) is 9.69 Å². The topological polar surface area (TPSA) is 29.5 Å². The summed E-state index contributed by atoms with van der Waals surface area (Å²) in [6.07, 6.45) is 7.53. The van der Waals surface area contributed by atoms with Crippen molar-refractivity contribution in [1.29, 1.82) is 0 Å². The summed E-state index contributed by atoms with van der Waals surface area (Å²) in [7, 11) is 1.68. The fraction of sp³-hybridized carbons (Fsp3) is 0.500. The number of fused-ring (bicyclic) bond motifs is 1. The van der Waals surface area contributed by atoms with Gasteiger partial charge in [0.05, 0.1) is 7.11 Å². The number of ether oxygens (including phenoxy) is 1. The van der Waals surface area contributed by atoms with Gasteiger partial charge in [-0.15, -0.1) is 0 Å². The first-order chi connectivity index (χ1) is 12.2. The maximum atomic E-state index is 13.1. The predicted molar refractivity (Wildman–Crippen MR) is 101 cm³/mol. The van der Waals surface area contributed by atoms with Crippen LogP contribution in [-0.2, 0) is 0 Å². The van der Waals surface area contributed by atoms with E-state index in [-0.39, 0.29) is 5.92 Å². The number of hydrogen-bond donors (Lipinski definition) is 0. The number of rotatable bonds is 4. The molecule has 0 spiro atoms. The molecule has 1 atom stereocenters. The van der Waals surface area contributed by atoms with Gasteiger partial charge in [-0.2, -0.15) is 0 Å². The maximum Gasteiger partial charge on any atom is 0.167 e. The SMILES string of the molecule is COc1ccc2cc(C(=O)C3CCCN(C4CCCC4)C3)ccc2c1. The first-order valence-electron chi connectivity index (χ1n) is 9.60. The molecular formula is C22H27NO2. The van der Waals surface area contributed by atoms with Crippen LogP contribution in [0.3, 0.4) is 0 Å². The van der Waals surface area contributed by atoms with Crippen LogP contribution in [0.1, 0.15) is 48.9 Å². The van der Waals surface area contributed by atoms with E-state index in [1.165, 1.54) is 32.2 Å². The summed E-state index contributed by atoms with van der Waals surface area (Å²) in [4.78, 5) is 15.7. The number of carbonyl (C=O) groups is 1. The Morgan fingerprint density at radius 3 is 2.56 bits per heavy atom. The number of Topliss-reactive ketones (excluding diaryl/α,β-unsaturated/α-hetero) is 1. The summed E-state index contributed by atoms with van der Waals surface area (Å²) in [6.45, 7) is 2.12. The number of carbonyl (C=O) groups excluding carboxylic acids is 1. The maximum absolute atomic E-state index is 13.1. The van der Waals surface area contributed by atoms with Crippen molar-refractivity contribution in [3.63, 3.8) is 0 Å². The third-order valence-electron chi connectivity index (χ3n) is 6.00. The Hall–Kier alpha value is -1.87. The summed E-state index contributed by atoms with van der Waals surface area (Å²) >= 11 is 0. The summed E-state index contributed by atoms with van der Waals surface area (Å²) in [5.41, 5.74) is 0.857. The minimum Gasteiger partial charge on any atom is -0.497 e. The van der Waals surface area contributed by atoms with Gasteiger partial charge in [0.1, 0.15) is 5.75 Å². The molecule has 2 aromatic carbocycles. The van der Waals surface area contributed by atoms with E-state index < -0.39 is 0 Å². The van der Waals surface area contributed by atoms with Crippen LogP contribution in [0.2, 0.25) is 0 Å². The Labute approximate surface area is 150 Å². The van der Waals surface area contributed by atoms with Gasteiger partial charge in [0.15, 0.2) is 5.78 Å². The molecule has 1 saturated heterocycles.